The highest BCUT2D eigenvalue weighted by molar-refractivity contribution is 7.79. The maximum atomic E-state index is 8.37. The lowest BCUT2D eigenvalue weighted by atomic mass is 10.1. The van der Waals surface area contributed by atoms with E-state index in [0.717, 1.165) is 11.1 Å². The molecular formula is C27H23ClNP. The van der Waals surface area contributed by atoms with Crippen LogP contribution in [0.15, 0.2) is 115 Å². The van der Waals surface area contributed by atoms with Gasteiger partial charge in [-0.25, -0.2) is 0 Å². The van der Waals surface area contributed by atoms with E-state index >= 15 is 0 Å². The molecule has 0 saturated heterocycles. The Balaban J connectivity index is 0.000000199. The van der Waals surface area contributed by atoms with Gasteiger partial charge in [-0.1, -0.05) is 115 Å². The molecule has 1 nitrogen and oxygen atoms in total. The first kappa shape index (κ1) is 21.8. The summed E-state index contributed by atoms with van der Waals surface area (Å²) in [6, 6.07) is 42.2. The minimum absolute atomic E-state index is 0.446. The molecule has 0 aliphatic rings. The van der Waals surface area contributed by atoms with Gasteiger partial charge in [0.1, 0.15) is 0 Å². The summed E-state index contributed by atoms with van der Waals surface area (Å²) in [5.41, 5.74) is 2.13. The standard InChI is InChI=1S/C18H15P.C9H8ClN/c1-4-10-16(11-5-1)19(17-12-6-2-7-13-17)18-14-8-3-9-15-18;10-7-9-3-1-8(2-4-9)5-6-11/h1-15H;1-4H,5,7H2. The number of halogens is 1. The van der Waals surface area contributed by atoms with Crippen LogP contribution in [0.25, 0.3) is 0 Å². The minimum Gasteiger partial charge on any atom is -0.198 e. The average Bonchev–Trinajstić information content (AvgIpc) is 2.83. The van der Waals surface area contributed by atoms with Crippen LogP contribution in [0.5, 0.6) is 0 Å². The Morgan fingerprint density at radius 2 is 0.933 bits per heavy atom. The van der Waals surface area contributed by atoms with Gasteiger partial charge in [0.25, 0.3) is 0 Å². The minimum atomic E-state index is -0.446. The van der Waals surface area contributed by atoms with Gasteiger partial charge in [-0.2, -0.15) is 5.26 Å². The number of nitrogens with zero attached hydrogens (tertiary/aromatic N) is 1. The van der Waals surface area contributed by atoms with Crippen molar-refractivity contribution in [2.75, 3.05) is 0 Å². The predicted octanol–water partition coefficient (Wildman–Crippen LogP) is 5.94. The molecule has 0 N–H and O–H groups in total. The lowest BCUT2D eigenvalue weighted by Gasteiger charge is -2.18. The Morgan fingerprint density at radius 1 is 0.567 bits per heavy atom. The second-order valence-electron chi connectivity index (χ2n) is 6.63. The molecule has 0 aromatic heterocycles. The summed E-state index contributed by atoms with van der Waals surface area (Å²) in [6.07, 6.45) is 0.475. The van der Waals surface area contributed by atoms with Crippen molar-refractivity contribution in [3.8, 4) is 6.07 Å². The van der Waals surface area contributed by atoms with Crippen molar-refractivity contribution in [3.63, 3.8) is 0 Å². The van der Waals surface area contributed by atoms with Crippen molar-refractivity contribution in [1.29, 1.82) is 5.26 Å². The van der Waals surface area contributed by atoms with Crippen LogP contribution in [0.4, 0.5) is 0 Å². The highest BCUT2D eigenvalue weighted by Crippen LogP contribution is 2.32. The Morgan fingerprint density at radius 3 is 1.27 bits per heavy atom. The molecule has 30 heavy (non-hydrogen) atoms. The summed E-state index contributed by atoms with van der Waals surface area (Å²) in [6.45, 7) is 0. The van der Waals surface area contributed by atoms with E-state index in [4.69, 9.17) is 16.9 Å². The van der Waals surface area contributed by atoms with Gasteiger partial charge in [-0.3, -0.25) is 0 Å². The maximum absolute atomic E-state index is 8.37. The van der Waals surface area contributed by atoms with E-state index in [2.05, 4.69) is 97.1 Å². The van der Waals surface area contributed by atoms with Crippen LogP contribution in [0, 0.1) is 11.3 Å². The summed E-state index contributed by atoms with van der Waals surface area (Å²) in [7, 11) is -0.446. The molecule has 0 spiro atoms. The molecule has 0 fully saturated rings. The number of nitriles is 1. The molecule has 0 unspecified atom stereocenters. The smallest absolute Gasteiger partial charge is 0.0669 e. The summed E-state index contributed by atoms with van der Waals surface area (Å²) in [5.74, 6) is 0.535. The Kier molecular flexibility index (Phi) is 8.67. The van der Waals surface area contributed by atoms with Crippen molar-refractivity contribution < 1.29 is 0 Å². The van der Waals surface area contributed by atoms with Crippen molar-refractivity contribution in [2.24, 2.45) is 0 Å². The van der Waals surface area contributed by atoms with Crippen LogP contribution < -0.4 is 15.9 Å². The van der Waals surface area contributed by atoms with Gasteiger partial charge >= 0.3 is 0 Å². The fraction of sp³-hybridized carbons (Fsp3) is 0.0741. The van der Waals surface area contributed by atoms with Gasteiger partial charge in [0, 0.05) is 5.88 Å². The predicted molar refractivity (Wildman–Crippen MR) is 130 cm³/mol. The van der Waals surface area contributed by atoms with Gasteiger partial charge in [-0.05, 0) is 35.0 Å². The molecule has 0 amide bonds. The highest BCUT2D eigenvalue weighted by atomic mass is 35.5. The van der Waals surface area contributed by atoms with Crippen LogP contribution in [-0.2, 0) is 12.3 Å². The van der Waals surface area contributed by atoms with Crippen molar-refractivity contribution >= 4 is 35.4 Å². The van der Waals surface area contributed by atoms with Crippen LogP contribution >= 0.6 is 19.5 Å². The summed E-state index contributed by atoms with van der Waals surface area (Å²) >= 11 is 5.59. The highest BCUT2D eigenvalue weighted by Gasteiger charge is 2.14. The molecule has 4 aromatic carbocycles. The molecule has 0 aliphatic carbocycles. The first-order valence-corrected chi connectivity index (χ1v) is 11.7. The second-order valence-corrected chi connectivity index (χ2v) is 9.11. The first-order chi connectivity index (χ1) is 14.8. The number of hydrogen-bond acceptors (Lipinski definition) is 1. The van der Waals surface area contributed by atoms with Crippen molar-refractivity contribution in [3.05, 3.63) is 126 Å². The largest absolute Gasteiger partial charge is 0.198 e. The van der Waals surface area contributed by atoms with Gasteiger partial charge < -0.3 is 0 Å². The van der Waals surface area contributed by atoms with Gasteiger partial charge in [0.2, 0.25) is 0 Å². The lowest BCUT2D eigenvalue weighted by Crippen LogP contribution is -2.20. The van der Waals surface area contributed by atoms with Gasteiger partial charge in [0.15, 0.2) is 0 Å². The van der Waals surface area contributed by atoms with Crippen molar-refractivity contribution in [2.45, 2.75) is 12.3 Å². The summed E-state index contributed by atoms with van der Waals surface area (Å²) in [4.78, 5) is 0. The zero-order valence-corrected chi connectivity index (χ0v) is 18.3. The van der Waals surface area contributed by atoms with Gasteiger partial charge in [0.05, 0.1) is 12.5 Å². The van der Waals surface area contributed by atoms with E-state index < -0.39 is 7.92 Å². The molecule has 3 heteroatoms. The monoisotopic (exact) mass is 427 g/mol. The second kappa shape index (κ2) is 11.9. The lowest BCUT2D eigenvalue weighted by molar-refractivity contribution is 1.25. The summed E-state index contributed by atoms with van der Waals surface area (Å²) in [5, 5.41) is 12.6. The zero-order valence-electron chi connectivity index (χ0n) is 16.7. The van der Waals surface area contributed by atoms with E-state index in [0.29, 0.717) is 12.3 Å². The molecular weight excluding hydrogens is 405 g/mol. The summed E-state index contributed by atoms with van der Waals surface area (Å²) < 4.78 is 0. The average molecular weight is 428 g/mol. The molecule has 0 heterocycles. The molecule has 0 atom stereocenters. The molecule has 0 aliphatic heterocycles. The zero-order chi connectivity index (χ0) is 21.0. The Hall–Kier alpha value is -2.91. The SMILES string of the molecule is N#CCc1ccc(CCl)cc1.c1ccc(P(c2ccccc2)c2ccccc2)cc1. The van der Waals surface area contributed by atoms with E-state index in [9.17, 15) is 0 Å². The van der Waals surface area contributed by atoms with E-state index in [1.54, 1.807) is 0 Å². The third-order valence-electron chi connectivity index (χ3n) is 4.50. The van der Waals surface area contributed by atoms with Crippen molar-refractivity contribution in [1.82, 2.24) is 0 Å². The van der Waals surface area contributed by atoms with Crippen LogP contribution in [0.3, 0.4) is 0 Å². The third kappa shape index (κ3) is 6.30. The molecule has 4 rings (SSSR count). The van der Waals surface area contributed by atoms with Gasteiger partial charge in [-0.15, -0.1) is 11.6 Å². The van der Waals surface area contributed by atoms with Crippen LogP contribution in [-0.4, -0.2) is 0 Å². The topological polar surface area (TPSA) is 23.8 Å². The molecule has 4 aromatic rings. The number of alkyl halides is 1. The molecule has 0 saturated carbocycles. The normalized spacial score (nSPS) is 10.0. The maximum Gasteiger partial charge on any atom is 0.0669 e. The molecule has 148 valence electrons. The Labute approximate surface area is 185 Å². The molecule has 0 radical (unpaired) electrons. The number of benzene rings is 4. The molecule has 0 bridgehead atoms. The van der Waals surface area contributed by atoms with E-state index in [1.807, 2.05) is 24.3 Å². The number of rotatable bonds is 5. The fourth-order valence-electron chi connectivity index (χ4n) is 3.02. The van der Waals surface area contributed by atoms with Crippen LogP contribution in [0.2, 0.25) is 0 Å². The Bertz CT molecular complexity index is 949. The van der Waals surface area contributed by atoms with E-state index in [-0.39, 0.29) is 0 Å². The van der Waals surface area contributed by atoms with E-state index in [1.165, 1.54) is 15.9 Å². The third-order valence-corrected chi connectivity index (χ3v) is 7.26. The van der Waals surface area contributed by atoms with Crippen LogP contribution in [0.1, 0.15) is 11.1 Å². The quantitative estimate of drug-likeness (QED) is 0.286. The number of hydrogen-bond donors (Lipinski definition) is 0. The first-order valence-electron chi connectivity index (χ1n) is 9.78. The fourth-order valence-corrected chi connectivity index (χ4v) is 5.50.